The summed E-state index contributed by atoms with van der Waals surface area (Å²) < 4.78 is 4.99. The van der Waals surface area contributed by atoms with Crippen LogP contribution in [0.1, 0.15) is 24.2 Å². The summed E-state index contributed by atoms with van der Waals surface area (Å²) in [5.41, 5.74) is 1.24. The van der Waals surface area contributed by atoms with Crippen LogP contribution in [0.15, 0.2) is 36.4 Å². The monoisotopic (exact) mass is 295 g/mol. The van der Waals surface area contributed by atoms with E-state index in [0.29, 0.717) is 23.7 Å². The maximum Gasteiger partial charge on any atom is 0.338 e. The Morgan fingerprint density at radius 1 is 1.30 bits per heavy atom. The lowest BCUT2D eigenvalue weighted by molar-refractivity contribution is -0.133. The van der Waals surface area contributed by atoms with Gasteiger partial charge in [-0.3, -0.25) is 4.79 Å². The summed E-state index contributed by atoms with van der Waals surface area (Å²) >= 11 is 5.73. The Morgan fingerprint density at radius 3 is 2.40 bits per heavy atom. The van der Waals surface area contributed by atoms with Crippen molar-refractivity contribution in [1.29, 1.82) is 0 Å². The Kier molecular flexibility index (Phi) is 6.25. The predicted octanol–water partition coefficient (Wildman–Crippen LogP) is 2.92. The van der Waals surface area contributed by atoms with Crippen molar-refractivity contribution in [3.63, 3.8) is 0 Å². The van der Waals surface area contributed by atoms with Gasteiger partial charge in [-0.2, -0.15) is 0 Å². The molecule has 1 amide bonds. The predicted molar refractivity (Wildman–Crippen MR) is 78.8 cm³/mol. The van der Waals surface area contributed by atoms with E-state index in [-0.39, 0.29) is 12.5 Å². The molecule has 0 radical (unpaired) electrons. The molecule has 0 aliphatic heterocycles. The lowest BCUT2D eigenvalue weighted by atomic mass is 10.2. The Morgan fingerprint density at radius 2 is 1.90 bits per heavy atom. The van der Waals surface area contributed by atoms with E-state index in [2.05, 4.69) is 6.58 Å². The largest absolute Gasteiger partial charge is 0.452 e. The summed E-state index contributed by atoms with van der Waals surface area (Å²) in [4.78, 5) is 25.2. The third-order valence-electron chi connectivity index (χ3n) is 2.60. The van der Waals surface area contributed by atoms with E-state index in [1.165, 1.54) is 0 Å². The van der Waals surface area contributed by atoms with Crippen LogP contribution in [0, 0.1) is 0 Å². The van der Waals surface area contributed by atoms with Crippen LogP contribution in [0.5, 0.6) is 0 Å². The molecule has 0 N–H and O–H groups in total. The van der Waals surface area contributed by atoms with Gasteiger partial charge in [0, 0.05) is 18.1 Å². The number of rotatable bonds is 6. The molecule has 1 aromatic rings. The Bertz CT molecular complexity index is 496. The molecule has 1 aromatic carbocycles. The van der Waals surface area contributed by atoms with Gasteiger partial charge < -0.3 is 9.64 Å². The zero-order valence-electron chi connectivity index (χ0n) is 11.7. The first-order chi connectivity index (χ1) is 9.43. The van der Waals surface area contributed by atoms with Crippen molar-refractivity contribution >= 4 is 23.5 Å². The zero-order chi connectivity index (χ0) is 15.1. The summed E-state index contributed by atoms with van der Waals surface area (Å²) in [5, 5.41) is 0.538. The number of nitrogens with zero attached hydrogens (tertiary/aromatic N) is 1. The lowest BCUT2D eigenvalue weighted by Crippen LogP contribution is -2.35. The van der Waals surface area contributed by atoms with Crippen molar-refractivity contribution in [2.45, 2.75) is 13.8 Å². The van der Waals surface area contributed by atoms with Crippen LogP contribution >= 0.6 is 11.6 Å². The Labute approximate surface area is 124 Å². The molecule has 5 heteroatoms. The lowest BCUT2D eigenvalue weighted by Gasteiger charge is -2.20. The van der Waals surface area contributed by atoms with Crippen LogP contribution in [0.3, 0.4) is 0 Å². The first kappa shape index (κ1) is 16.2. The Hall–Kier alpha value is -1.81. The van der Waals surface area contributed by atoms with E-state index in [9.17, 15) is 9.59 Å². The first-order valence-electron chi connectivity index (χ1n) is 6.29. The van der Waals surface area contributed by atoms with Crippen molar-refractivity contribution in [3.8, 4) is 0 Å². The molecule has 0 aromatic heterocycles. The molecule has 0 aliphatic rings. The quantitative estimate of drug-likeness (QED) is 0.599. The molecule has 108 valence electrons. The fraction of sp³-hybridized carbons (Fsp3) is 0.333. The number of ether oxygens (including phenoxy) is 1. The Balaban J connectivity index is 2.53. The van der Waals surface area contributed by atoms with Crippen LogP contribution < -0.4 is 0 Å². The minimum Gasteiger partial charge on any atom is -0.452 e. The molecular weight excluding hydrogens is 278 g/mol. The maximum atomic E-state index is 11.9. The second-order valence-corrected chi connectivity index (χ2v) is 4.88. The highest BCUT2D eigenvalue weighted by Gasteiger charge is 2.15. The van der Waals surface area contributed by atoms with E-state index in [0.717, 1.165) is 5.57 Å². The van der Waals surface area contributed by atoms with Gasteiger partial charge in [0.2, 0.25) is 0 Å². The average Bonchev–Trinajstić information content (AvgIpc) is 2.42. The molecule has 0 spiro atoms. The normalized spacial score (nSPS) is 9.95. The van der Waals surface area contributed by atoms with Crippen LogP contribution in [0.25, 0.3) is 0 Å². The van der Waals surface area contributed by atoms with Crippen molar-refractivity contribution in [1.82, 2.24) is 4.90 Å². The van der Waals surface area contributed by atoms with E-state index in [1.807, 2.05) is 13.8 Å². The SMILES string of the molecule is C=C(C)CN(CC)C(=O)COC(=O)c1ccc(Cl)cc1. The van der Waals surface area contributed by atoms with Gasteiger partial charge in [0.15, 0.2) is 6.61 Å². The molecule has 0 saturated heterocycles. The minimum atomic E-state index is -0.540. The summed E-state index contributed by atoms with van der Waals surface area (Å²) in [7, 11) is 0. The van der Waals surface area contributed by atoms with Gasteiger partial charge in [0.05, 0.1) is 5.56 Å². The highest BCUT2D eigenvalue weighted by atomic mass is 35.5. The van der Waals surface area contributed by atoms with Crippen LogP contribution in [0.4, 0.5) is 0 Å². The average molecular weight is 296 g/mol. The van der Waals surface area contributed by atoms with Crippen molar-refractivity contribution in [2.75, 3.05) is 19.7 Å². The second kappa shape index (κ2) is 7.70. The zero-order valence-corrected chi connectivity index (χ0v) is 12.4. The van der Waals surface area contributed by atoms with Gasteiger partial charge in [0.1, 0.15) is 0 Å². The standard InChI is InChI=1S/C15H18ClNO3/c1-4-17(9-11(2)3)14(18)10-20-15(19)12-5-7-13(16)8-6-12/h5-8H,2,4,9-10H2,1,3H3. The number of benzene rings is 1. The molecule has 4 nitrogen and oxygen atoms in total. The molecule has 1 rings (SSSR count). The van der Waals surface area contributed by atoms with E-state index >= 15 is 0 Å². The van der Waals surface area contributed by atoms with Crippen LogP contribution in [-0.4, -0.2) is 36.5 Å². The number of hydrogen-bond acceptors (Lipinski definition) is 3. The first-order valence-corrected chi connectivity index (χ1v) is 6.66. The van der Waals surface area contributed by atoms with Gasteiger partial charge in [0.25, 0.3) is 5.91 Å². The molecule has 0 fully saturated rings. The fourth-order valence-electron chi connectivity index (χ4n) is 1.59. The van der Waals surface area contributed by atoms with Gasteiger partial charge in [-0.25, -0.2) is 4.79 Å². The van der Waals surface area contributed by atoms with Gasteiger partial charge >= 0.3 is 5.97 Å². The fourth-order valence-corrected chi connectivity index (χ4v) is 1.72. The highest BCUT2D eigenvalue weighted by Crippen LogP contribution is 2.10. The molecule has 0 unspecified atom stereocenters. The summed E-state index contributed by atoms with van der Waals surface area (Å²) in [5.74, 6) is -0.779. The molecular formula is C15H18ClNO3. The topological polar surface area (TPSA) is 46.6 Å². The number of esters is 1. The second-order valence-electron chi connectivity index (χ2n) is 4.45. The molecule has 0 aliphatic carbocycles. The molecule has 20 heavy (non-hydrogen) atoms. The van der Waals surface area contributed by atoms with Crippen molar-refractivity contribution in [2.24, 2.45) is 0 Å². The molecule has 0 heterocycles. The van der Waals surface area contributed by atoms with E-state index < -0.39 is 5.97 Å². The third-order valence-corrected chi connectivity index (χ3v) is 2.85. The highest BCUT2D eigenvalue weighted by molar-refractivity contribution is 6.30. The number of carbonyl (C=O) groups excluding carboxylic acids is 2. The van der Waals surface area contributed by atoms with Gasteiger partial charge in [-0.15, -0.1) is 0 Å². The summed E-state index contributed by atoms with van der Waals surface area (Å²) in [6, 6.07) is 6.31. The smallest absolute Gasteiger partial charge is 0.338 e. The van der Waals surface area contributed by atoms with Crippen molar-refractivity contribution in [3.05, 3.63) is 47.0 Å². The van der Waals surface area contributed by atoms with E-state index in [4.69, 9.17) is 16.3 Å². The number of halogens is 1. The minimum absolute atomic E-state index is 0.238. The van der Waals surface area contributed by atoms with Crippen LogP contribution in [0.2, 0.25) is 5.02 Å². The number of likely N-dealkylation sites (N-methyl/N-ethyl adjacent to an activating group) is 1. The molecule has 0 atom stereocenters. The van der Waals surface area contributed by atoms with Gasteiger partial charge in [-0.05, 0) is 38.1 Å². The van der Waals surface area contributed by atoms with Gasteiger partial charge in [-0.1, -0.05) is 23.8 Å². The summed E-state index contributed by atoms with van der Waals surface area (Å²) in [6.07, 6.45) is 0. The molecule has 0 bridgehead atoms. The third kappa shape index (κ3) is 5.05. The maximum absolute atomic E-state index is 11.9. The number of carbonyl (C=O) groups is 2. The van der Waals surface area contributed by atoms with E-state index in [1.54, 1.807) is 29.2 Å². The summed E-state index contributed by atoms with van der Waals surface area (Å²) in [6.45, 7) is 8.20. The van der Waals surface area contributed by atoms with Crippen LogP contribution in [-0.2, 0) is 9.53 Å². The molecule has 0 saturated carbocycles. The van der Waals surface area contributed by atoms with Crippen molar-refractivity contribution < 1.29 is 14.3 Å². The number of amides is 1. The number of hydrogen-bond donors (Lipinski definition) is 0.